The largest absolute Gasteiger partial charge is 0.461 e. The van der Waals surface area contributed by atoms with E-state index in [0.29, 0.717) is 33.3 Å². The molecule has 0 fully saturated rings. The van der Waals surface area contributed by atoms with E-state index >= 15 is 0 Å². The van der Waals surface area contributed by atoms with Gasteiger partial charge in [-0.05, 0) is 71.8 Å². The summed E-state index contributed by atoms with van der Waals surface area (Å²) in [6, 6.07) is 23.7. The van der Waals surface area contributed by atoms with Crippen molar-refractivity contribution in [2.45, 2.75) is 24.6 Å². The molecule has 0 amide bonds. The summed E-state index contributed by atoms with van der Waals surface area (Å²) >= 11 is 0. The van der Waals surface area contributed by atoms with Crippen LogP contribution >= 0.6 is 0 Å². The number of hydrogen-bond acceptors (Lipinski definition) is 4. The number of fused-ring (bicyclic) bond motifs is 1. The van der Waals surface area contributed by atoms with Crippen LogP contribution in [0.4, 0.5) is 26.3 Å². The first kappa shape index (κ1) is 30.8. The normalized spacial score (nSPS) is 13.5. The fraction of sp³-hybridized carbons (Fsp3) is 0.176. The van der Waals surface area contributed by atoms with Crippen LogP contribution in [0, 0.1) is 0 Å². The van der Waals surface area contributed by atoms with Crippen molar-refractivity contribution in [2.24, 2.45) is 14.1 Å². The van der Waals surface area contributed by atoms with E-state index in [1.165, 1.54) is 24.3 Å². The maximum absolute atomic E-state index is 13.3. The Balaban J connectivity index is 1.39. The zero-order chi connectivity index (χ0) is 32.6. The highest BCUT2D eigenvalue weighted by molar-refractivity contribution is 5.90. The molecule has 0 unspecified atom stereocenters. The SMILES string of the molecule is Cn1cccc1[C@@H](Oc1nnc(O[C@@H](c2ccc(C(F)(F)F)cc2)c2cccn2C)c2ccccc12)c1ccc(C(F)(F)F)cc1. The molecule has 0 aliphatic rings. The zero-order valence-corrected chi connectivity index (χ0v) is 24.4. The van der Waals surface area contributed by atoms with Gasteiger partial charge in [0.2, 0.25) is 11.8 Å². The van der Waals surface area contributed by atoms with Crippen LogP contribution < -0.4 is 9.47 Å². The fourth-order valence-electron chi connectivity index (χ4n) is 5.24. The second kappa shape index (κ2) is 11.9. The predicted molar refractivity (Wildman–Crippen MR) is 158 cm³/mol. The molecule has 0 N–H and O–H groups in total. The number of hydrogen-bond donors (Lipinski definition) is 0. The Hall–Kier alpha value is -5.26. The lowest BCUT2D eigenvalue weighted by Gasteiger charge is -2.23. The molecule has 6 rings (SSSR count). The molecule has 0 bridgehead atoms. The lowest BCUT2D eigenvalue weighted by atomic mass is 10.0. The van der Waals surface area contributed by atoms with Crippen molar-refractivity contribution in [2.75, 3.05) is 0 Å². The Labute approximate surface area is 259 Å². The molecule has 12 heteroatoms. The number of rotatable bonds is 8. The van der Waals surface area contributed by atoms with Gasteiger partial charge >= 0.3 is 12.4 Å². The van der Waals surface area contributed by atoms with Gasteiger partial charge in [0.25, 0.3) is 0 Å². The van der Waals surface area contributed by atoms with E-state index in [0.717, 1.165) is 24.3 Å². The van der Waals surface area contributed by atoms with Crippen LogP contribution in [-0.4, -0.2) is 19.3 Å². The minimum atomic E-state index is -4.49. The van der Waals surface area contributed by atoms with E-state index < -0.39 is 35.7 Å². The first-order valence-electron chi connectivity index (χ1n) is 14.1. The summed E-state index contributed by atoms with van der Waals surface area (Å²) in [7, 11) is 3.59. The van der Waals surface area contributed by atoms with Crippen molar-refractivity contribution in [3.05, 3.63) is 143 Å². The number of alkyl halides is 6. The van der Waals surface area contributed by atoms with Crippen LogP contribution in [-0.2, 0) is 26.4 Å². The number of ether oxygens (including phenoxy) is 2. The standard InChI is InChI=1S/C34H26F6N4O2/c1-43-19-5-9-27(43)29(21-11-15-23(16-12-21)33(35,36)37)45-31-25-7-3-4-8-26(25)32(42-41-31)46-30(28-10-6-20-44(28)2)22-13-17-24(18-14-22)34(38,39)40/h3-20,29-30H,1-2H3/t29-,30-/m0/s1. The average Bonchev–Trinajstić information content (AvgIpc) is 3.66. The van der Waals surface area contributed by atoms with Crippen molar-refractivity contribution in [3.63, 3.8) is 0 Å². The summed E-state index contributed by atoms with van der Waals surface area (Å²) in [6.07, 6.45) is -7.07. The van der Waals surface area contributed by atoms with E-state index in [2.05, 4.69) is 10.2 Å². The second-order valence-electron chi connectivity index (χ2n) is 10.7. The summed E-state index contributed by atoms with van der Waals surface area (Å²) < 4.78 is 96.1. The molecule has 0 spiro atoms. The third-order valence-corrected chi connectivity index (χ3v) is 7.67. The van der Waals surface area contributed by atoms with Crippen molar-refractivity contribution >= 4 is 10.8 Å². The Morgan fingerprint density at radius 2 is 0.891 bits per heavy atom. The first-order valence-corrected chi connectivity index (χ1v) is 14.1. The van der Waals surface area contributed by atoms with Crippen LogP contribution in [0.1, 0.15) is 45.8 Å². The maximum atomic E-state index is 13.3. The Kier molecular flexibility index (Phi) is 7.97. The number of benzene rings is 3. The molecule has 6 nitrogen and oxygen atoms in total. The molecule has 3 heterocycles. The van der Waals surface area contributed by atoms with Gasteiger partial charge in [-0.3, -0.25) is 0 Å². The highest BCUT2D eigenvalue weighted by Gasteiger charge is 2.32. The molecule has 2 atom stereocenters. The van der Waals surface area contributed by atoms with Crippen molar-refractivity contribution in [1.82, 2.24) is 19.3 Å². The van der Waals surface area contributed by atoms with Gasteiger partial charge in [0.15, 0.2) is 12.2 Å². The molecule has 0 aliphatic carbocycles. The summed E-state index contributed by atoms with van der Waals surface area (Å²) in [4.78, 5) is 0. The summed E-state index contributed by atoms with van der Waals surface area (Å²) in [5.74, 6) is 0.220. The van der Waals surface area contributed by atoms with E-state index in [1.54, 1.807) is 84.2 Å². The van der Waals surface area contributed by atoms with Gasteiger partial charge in [-0.2, -0.15) is 26.3 Å². The molecule has 3 aromatic carbocycles. The first-order chi connectivity index (χ1) is 21.9. The molecular weight excluding hydrogens is 610 g/mol. The Morgan fingerprint density at radius 3 is 1.20 bits per heavy atom. The molecule has 6 aromatic rings. The van der Waals surface area contributed by atoms with Gasteiger partial charge in [0.05, 0.1) is 33.3 Å². The quantitative estimate of drug-likeness (QED) is 0.157. The number of nitrogens with zero attached hydrogens (tertiary/aromatic N) is 4. The highest BCUT2D eigenvalue weighted by Crippen LogP contribution is 2.38. The number of aromatic nitrogens is 4. The molecule has 46 heavy (non-hydrogen) atoms. The van der Waals surface area contributed by atoms with Crippen molar-refractivity contribution < 1.29 is 35.8 Å². The van der Waals surface area contributed by atoms with E-state index in [1.807, 2.05) is 0 Å². The lowest BCUT2D eigenvalue weighted by molar-refractivity contribution is -0.138. The average molecular weight is 637 g/mol. The molecule has 0 aliphatic heterocycles. The molecule has 0 radical (unpaired) electrons. The van der Waals surface area contributed by atoms with Gasteiger partial charge in [-0.25, -0.2) is 0 Å². The van der Waals surface area contributed by atoms with E-state index in [9.17, 15) is 26.3 Å². The van der Waals surface area contributed by atoms with Gasteiger partial charge < -0.3 is 18.6 Å². The maximum Gasteiger partial charge on any atom is 0.416 e. The molecule has 236 valence electrons. The Morgan fingerprint density at radius 1 is 0.522 bits per heavy atom. The summed E-state index contributed by atoms with van der Waals surface area (Å²) in [5.41, 5.74) is 0.692. The van der Waals surface area contributed by atoms with Gasteiger partial charge in [0.1, 0.15) is 0 Å². The minimum Gasteiger partial charge on any atom is -0.461 e. The van der Waals surface area contributed by atoms with Crippen LogP contribution in [0.15, 0.2) is 109 Å². The van der Waals surface area contributed by atoms with Crippen LogP contribution in [0.3, 0.4) is 0 Å². The third-order valence-electron chi connectivity index (χ3n) is 7.67. The lowest BCUT2D eigenvalue weighted by Crippen LogP contribution is -2.16. The van der Waals surface area contributed by atoms with Crippen LogP contribution in [0.2, 0.25) is 0 Å². The van der Waals surface area contributed by atoms with Gasteiger partial charge in [-0.1, -0.05) is 36.4 Å². The summed E-state index contributed by atoms with van der Waals surface area (Å²) in [6.45, 7) is 0. The number of aryl methyl sites for hydroxylation is 2. The van der Waals surface area contributed by atoms with E-state index in [4.69, 9.17) is 9.47 Å². The smallest absolute Gasteiger partial charge is 0.416 e. The van der Waals surface area contributed by atoms with Crippen molar-refractivity contribution in [1.29, 1.82) is 0 Å². The van der Waals surface area contributed by atoms with E-state index in [-0.39, 0.29) is 11.8 Å². The predicted octanol–water partition coefficient (Wildman–Crippen LogP) is 8.68. The molecule has 3 aromatic heterocycles. The molecular formula is C34H26F6N4O2. The fourth-order valence-corrected chi connectivity index (χ4v) is 5.24. The topological polar surface area (TPSA) is 54.1 Å². The molecule has 0 saturated carbocycles. The third kappa shape index (κ3) is 6.15. The zero-order valence-electron chi connectivity index (χ0n) is 24.4. The van der Waals surface area contributed by atoms with Crippen LogP contribution in [0.5, 0.6) is 11.8 Å². The van der Waals surface area contributed by atoms with Crippen LogP contribution in [0.25, 0.3) is 10.8 Å². The summed E-state index contributed by atoms with van der Waals surface area (Å²) in [5, 5.41) is 9.67. The van der Waals surface area contributed by atoms with Crippen molar-refractivity contribution in [3.8, 4) is 11.8 Å². The monoisotopic (exact) mass is 636 g/mol. The number of halogens is 6. The Bertz CT molecular complexity index is 1820. The van der Waals surface area contributed by atoms with Gasteiger partial charge in [0, 0.05) is 26.5 Å². The highest BCUT2D eigenvalue weighted by atomic mass is 19.4. The molecule has 0 saturated heterocycles. The van der Waals surface area contributed by atoms with Gasteiger partial charge in [-0.15, -0.1) is 10.2 Å². The minimum absolute atomic E-state index is 0.110. The second-order valence-corrected chi connectivity index (χ2v) is 10.7.